The van der Waals surface area contributed by atoms with Gasteiger partial charge in [0, 0.05) is 0 Å². The summed E-state index contributed by atoms with van der Waals surface area (Å²) >= 11 is 0. The van der Waals surface area contributed by atoms with E-state index in [0.717, 1.165) is 31.8 Å². The van der Waals surface area contributed by atoms with Crippen LogP contribution in [0.25, 0.3) is 0 Å². The summed E-state index contributed by atoms with van der Waals surface area (Å²) in [5.74, 6) is 0.720. The van der Waals surface area contributed by atoms with Crippen molar-refractivity contribution in [1.29, 1.82) is 0 Å². The number of esters is 1. The van der Waals surface area contributed by atoms with E-state index in [1.54, 1.807) is 7.05 Å². The smallest absolute Gasteiger partial charge is 0.309 e. The quantitative estimate of drug-likeness (QED) is 0.702. The monoisotopic (exact) mass is 253 g/mol. The van der Waals surface area contributed by atoms with Crippen LogP contribution in [0, 0.1) is 5.92 Å². The highest BCUT2D eigenvalue weighted by Crippen LogP contribution is 2.19. The Labute approximate surface area is 106 Å². The molecule has 1 aliphatic rings. The second kappa shape index (κ2) is 5.90. The summed E-state index contributed by atoms with van der Waals surface area (Å²) in [4.78, 5) is 15.3. The lowest BCUT2D eigenvalue weighted by Gasteiger charge is -2.29. The van der Waals surface area contributed by atoms with Crippen molar-refractivity contribution < 1.29 is 9.53 Å². The van der Waals surface area contributed by atoms with E-state index in [9.17, 15) is 4.79 Å². The van der Waals surface area contributed by atoms with Crippen LogP contribution in [-0.4, -0.2) is 50.8 Å². The molecule has 1 aliphatic heterocycles. The van der Waals surface area contributed by atoms with Gasteiger partial charge in [0.15, 0.2) is 5.82 Å². The summed E-state index contributed by atoms with van der Waals surface area (Å²) in [6.45, 7) is 4.75. The van der Waals surface area contributed by atoms with Crippen molar-refractivity contribution in [3.63, 3.8) is 0 Å². The Morgan fingerprint density at radius 1 is 1.44 bits per heavy atom. The minimum absolute atomic E-state index is 0.0519. The van der Waals surface area contributed by atoms with Gasteiger partial charge in [-0.3, -0.25) is 9.69 Å². The fraction of sp³-hybridized carbons (Fsp3) is 0.818. The number of carbonyl (C=O) groups is 1. The Kier molecular flexibility index (Phi) is 4.24. The molecule has 100 valence electrons. The van der Waals surface area contributed by atoms with Gasteiger partial charge < -0.3 is 4.74 Å². The molecule has 0 amide bonds. The van der Waals surface area contributed by atoms with Crippen LogP contribution in [-0.2, 0) is 23.1 Å². The number of nitrogens with zero attached hydrogens (tertiary/aromatic N) is 5. The van der Waals surface area contributed by atoms with Crippen LogP contribution in [0.1, 0.15) is 25.6 Å². The SMILES string of the molecule is CCOC(=O)C1CCN(Cc2nnn(C)n2)CC1. The third-order valence-electron chi connectivity index (χ3n) is 3.12. The number of tetrazole rings is 1. The van der Waals surface area contributed by atoms with Gasteiger partial charge in [-0.2, -0.15) is 4.80 Å². The summed E-state index contributed by atoms with van der Waals surface area (Å²) in [5, 5.41) is 11.9. The number of rotatable bonds is 4. The highest BCUT2D eigenvalue weighted by Gasteiger charge is 2.26. The minimum atomic E-state index is -0.0604. The number of hydrogen-bond donors (Lipinski definition) is 0. The summed E-state index contributed by atoms with van der Waals surface area (Å²) in [5.41, 5.74) is 0. The van der Waals surface area contributed by atoms with Gasteiger partial charge in [-0.1, -0.05) is 0 Å². The zero-order valence-corrected chi connectivity index (χ0v) is 10.9. The number of piperidine rings is 1. The Bertz CT molecular complexity index is 398. The van der Waals surface area contributed by atoms with E-state index < -0.39 is 0 Å². The highest BCUT2D eigenvalue weighted by molar-refractivity contribution is 5.72. The lowest BCUT2D eigenvalue weighted by Crippen LogP contribution is -2.36. The van der Waals surface area contributed by atoms with Crippen LogP contribution in [0.3, 0.4) is 0 Å². The van der Waals surface area contributed by atoms with Gasteiger partial charge in [-0.25, -0.2) is 0 Å². The number of aryl methyl sites for hydroxylation is 1. The number of ether oxygens (including phenoxy) is 1. The fourth-order valence-corrected chi connectivity index (χ4v) is 2.17. The van der Waals surface area contributed by atoms with Gasteiger partial charge >= 0.3 is 5.97 Å². The zero-order chi connectivity index (χ0) is 13.0. The van der Waals surface area contributed by atoms with Crippen molar-refractivity contribution in [2.24, 2.45) is 13.0 Å². The average molecular weight is 253 g/mol. The first-order valence-electron chi connectivity index (χ1n) is 6.31. The van der Waals surface area contributed by atoms with Gasteiger partial charge in [0.25, 0.3) is 0 Å². The standard InChI is InChI=1S/C11H19N5O2/c1-3-18-11(17)9-4-6-16(7-5-9)8-10-12-14-15(2)13-10/h9H,3-8H2,1-2H3. The summed E-state index contributed by atoms with van der Waals surface area (Å²) in [6, 6.07) is 0. The molecule has 18 heavy (non-hydrogen) atoms. The molecule has 0 bridgehead atoms. The molecule has 1 saturated heterocycles. The first kappa shape index (κ1) is 12.9. The van der Waals surface area contributed by atoms with Crippen molar-refractivity contribution in [3.8, 4) is 0 Å². The maximum absolute atomic E-state index is 11.6. The molecule has 0 unspecified atom stereocenters. The van der Waals surface area contributed by atoms with E-state index in [1.165, 1.54) is 4.80 Å². The Morgan fingerprint density at radius 3 is 2.72 bits per heavy atom. The van der Waals surface area contributed by atoms with E-state index in [-0.39, 0.29) is 11.9 Å². The average Bonchev–Trinajstić information content (AvgIpc) is 2.76. The Hall–Kier alpha value is -1.50. The van der Waals surface area contributed by atoms with Crippen LogP contribution in [0.5, 0.6) is 0 Å². The van der Waals surface area contributed by atoms with Crippen molar-refractivity contribution in [2.75, 3.05) is 19.7 Å². The summed E-state index contributed by atoms with van der Waals surface area (Å²) in [7, 11) is 1.75. The molecule has 0 atom stereocenters. The molecule has 0 spiro atoms. The molecule has 2 heterocycles. The molecule has 0 aliphatic carbocycles. The van der Waals surface area contributed by atoms with E-state index in [2.05, 4.69) is 20.3 Å². The second-order valence-electron chi connectivity index (χ2n) is 4.50. The van der Waals surface area contributed by atoms with Crippen molar-refractivity contribution >= 4 is 5.97 Å². The molecular weight excluding hydrogens is 234 g/mol. The van der Waals surface area contributed by atoms with E-state index in [0.29, 0.717) is 13.2 Å². The van der Waals surface area contributed by atoms with Crippen molar-refractivity contribution in [2.45, 2.75) is 26.3 Å². The van der Waals surface area contributed by atoms with Crippen LogP contribution in [0.4, 0.5) is 0 Å². The largest absolute Gasteiger partial charge is 0.466 e. The van der Waals surface area contributed by atoms with Crippen LogP contribution >= 0.6 is 0 Å². The van der Waals surface area contributed by atoms with Gasteiger partial charge in [0.1, 0.15) is 0 Å². The van der Waals surface area contributed by atoms with E-state index in [4.69, 9.17) is 4.74 Å². The van der Waals surface area contributed by atoms with Gasteiger partial charge in [0.2, 0.25) is 0 Å². The first-order valence-corrected chi connectivity index (χ1v) is 6.31. The number of likely N-dealkylation sites (tertiary alicyclic amines) is 1. The minimum Gasteiger partial charge on any atom is -0.466 e. The number of aromatic nitrogens is 4. The van der Waals surface area contributed by atoms with Crippen LogP contribution < -0.4 is 0 Å². The molecule has 7 heteroatoms. The molecule has 1 aromatic rings. The molecule has 2 rings (SSSR count). The molecule has 1 aromatic heterocycles. The third-order valence-corrected chi connectivity index (χ3v) is 3.12. The Balaban J connectivity index is 1.78. The second-order valence-corrected chi connectivity index (χ2v) is 4.50. The molecule has 0 aromatic carbocycles. The summed E-state index contributed by atoms with van der Waals surface area (Å²) in [6.07, 6.45) is 1.69. The lowest BCUT2D eigenvalue weighted by atomic mass is 9.97. The maximum atomic E-state index is 11.6. The molecule has 0 saturated carbocycles. The normalized spacial score (nSPS) is 17.9. The molecule has 0 N–H and O–H groups in total. The number of carbonyl (C=O) groups excluding carboxylic acids is 1. The predicted molar refractivity (Wildman–Crippen MR) is 63.4 cm³/mol. The Morgan fingerprint density at radius 2 is 2.17 bits per heavy atom. The van der Waals surface area contributed by atoms with Crippen LogP contribution in [0.2, 0.25) is 0 Å². The van der Waals surface area contributed by atoms with E-state index >= 15 is 0 Å². The lowest BCUT2D eigenvalue weighted by molar-refractivity contribution is -0.149. The highest BCUT2D eigenvalue weighted by atomic mass is 16.5. The van der Waals surface area contributed by atoms with Crippen molar-refractivity contribution in [1.82, 2.24) is 25.1 Å². The molecule has 1 fully saturated rings. The fourth-order valence-electron chi connectivity index (χ4n) is 2.17. The first-order chi connectivity index (χ1) is 8.69. The summed E-state index contributed by atoms with van der Waals surface area (Å²) < 4.78 is 5.04. The van der Waals surface area contributed by atoms with Gasteiger partial charge in [-0.15, -0.1) is 10.2 Å². The predicted octanol–water partition coefficient (Wildman–Crippen LogP) is -0.0148. The number of hydrogen-bond acceptors (Lipinski definition) is 6. The van der Waals surface area contributed by atoms with Gasteiger partial charge in [0.05, 0.1) is 26.1 Å². The maximum Gasteiger partial charge on any atom is 0.309 e. The molecular formula is C11H19N5O2. The third kappa shape index (κ3) is 3.25. The topological polar surface area (TPSA) is 73.1 Å². The molecule has 7 nitrogen and oxygen atoms in total. The van der Waals surface area contributed by atoms with Crippen LogP contribution in [0.15, 0.2) is 0 Å². The molecule has 0 radical (unpaired) electrons. The van der Waals surface area contributed by atoms with Gasteiger partial charge in [-0.05, 0) is 38.1 Å². The van der Waals surface area contributed by atoms with Crippen molar-refractivity contribution in [3.05, 3.63) is 5.82 Å². The zero-order valence-electron chi connectivity index (χ0n) is 10.9. The van der Waals surface area contributed by atoms with E-state index in [1.807, 2.05) is 6.92 Å².